The maximum absolute atomic E-state index is 12.4. The number of nitrogens with zero attached hydrogens (tertiary/aromatic N) is 3. The molecule has 7 heteroatoms. The molecule has 0 aliphatic heterocycles. The predicted molar refractivity (Wildman–Crippen MR) is 87.7 cm³/mol. The summed E-state index contributed by atoms with van der Waals surface area (Å²) < 4.78 is 1.59. The molecule has 0 spiro atoms. The van der Waals surface area contributed by atoms with Gasteiger partial charge >= 0.3 is 5.97 Å². The second-order valence-corrected chi connectivity index (χ2v) is 6.40. The number of rotatable bonds is 6. The standard InChI is InChI=1S/C17H21N3O4/c21-13(7-8-15(23)24)16-14(22)9-12(20-17(16)18-10-19-20)6-5-11-3-1-2-4-11/h9-11,21H,1-8H2,(H,23,24). The van der Waals surface area contributed by atoms with Crippen LogP contribution < -0.4 is 10.6 Å². The highest BCUT2D eigenvalue weighted by atomic mass is 16.4. The Hall–Kier alpha value is -2.44. The first-order chi connectivity index (χ1) is 11.6. The van der Waals surface area contributed by atoms with Crippen molar-refractivity contribution in [3.8, 4) is 0 Å². The van der Waals surface area contributed by atoms with E-state index in [-0.39, 0.29) is 29.2 Å². The Kier molecular flexibility index (Phi) is 4.78. The number of hydrogen-bond donors (Lipinski definition) is 2. The maximum atomic E-state index is 12.4. The summed E-state index contributed by atoms with van der Waals surface area (Å²) in [5.74, 6) is -0.573. The fourth-order valence-corrected chi connectivity index (χ4v) is 3.47. The Bertz CT molecular complexity index is 853. The van der Waals surface area contributed by atoms with Gasteiger partial charge in [-0.1, -0.05) is 25.7 Å². The summed E-state index contributed by atoms with van der Waals surface area (Å²) >= 11 is 0. The Morgan fingerprint density at radius 3 is 2.71 bits per heavy atom. The Morgan fingerprint density at radius 2 is 2.00 bits per heavy atom. The summed E-state index contributed by atoms with van der Waals surface area (Å²) in [5.41, 5.74) is 0.751. The molecule has 2 aromatic heterocycles. The van der Waals surface area contributed by atoms with E-state index in [0.717, 1.165) is 18.5 Å². The molecule has 0 radical (unpaired) electrons. The average molecular weight is 331 g/mol. The number of carboxylic acids is 1. The summed E-state index contributed by atoms with van der Waals surface area (Å²) in [5, 5.41) is 23.1. The smallest absolute Gasteiger partial charge is 0.303 e. The van der Waals surface area contributed by atoms with Gasteiger partial charge in [-0.3, -0.25) is 9.59 Å². The second-order valence-electron chi connectivity index (χ2n) is 6.40. The van der Waals surface area contributed by atoms with Gasteiger partial charge in [0.15, 0.2) is 11.1 Å². The van der Waals surface area contributed by atoms with Crippen LogP contribution in [0.1, 0.15) is 50.6 Å². The zero-order valence-corrected chi connectivity index (χ0v) is 13.4. The molecule has 1 aliphatic rings. The normalized spacial score (nSPS) is 16.7. The van der Waals surface area contributed by atoms with Crippen molar-refractivity contribution in [2.75, 3.05) is 0 Å². The first kappa shape index (κ1) is 16.4. The lowest BCUT2D eigenvalue weighted by molar-refractivity contribution is -0.136. The van der Waals surface area contributed by atoms with Gasteiger partial charge in [-0.25, -0.2) is 9.50 Å². The van der Waals surface area contributed by atoms with Gasteiger partial charge in [0, 0.05) is 18.2 Å². The van der Waals surface area contributed by atoms with E-state index < -0.39 is 5.97 Å². The number of hydrogen-bond acceptors (Lipinski definition) is 5. The minimum Gasteiger partial charge on any atom is -0.511 e. The molecule has 0 saturated heterocycles. The number of carbonyl (C=O) groups is 1. The van der Waals surface area contributed by atoms with Crippen LogP contribution in [-0.4, -0.2) is 30.8 Å². The first-order valence-electron chi connectivity index (χ1n) is 8.36. The third-order valence-corrected chi connectivity index (χ3v) is 4.74. The highest BCUT2D eigenvalue weighted by Gasteiger charge is 2.17. The molecule has 0 unspecified atom stereocenters. The zero-order chi connectivity index (χ0) is 17.1. The number of pyridine rings is 1. The average Bonchev–Trinajstić information content (AvgIpc) is 3.21. The van der Waals surface area contributed by atoms with E-state index in [4.69, 9.17) is 5.11 Å². The highest BCUT2D eigenvalue weighted by molar-refractivity contribution is 5.68. The monoisotopic (exact) mass is 331 g/mol. The van der Waals surface area contributed by atoms with Crippen molar-refractivity contribution in [3.63, 3.8) is 0 Å². The van der Waals surface area contributed by atoms with Gasteiger partial charge < -0.3 is 10.2 Å². The molecule has 7 nitrogen and oxygen atoms in total. The van der Waals surface area contributed by atoms with Crippen LogP contribution in [0.3, 0.4) is 0 Å². The lowest BCUT2D eigenvalue weighted by Gasteiger charge is -2.09. The lowest BCUT2D eigenvalue weighted by Crippen LogP contribution is -2.31. The van der Waals surface area contributed by atoms with Crippen LogP contribution in [0.25, 0.3) is 11.4 Å². The van der Waals surface area contributed by atoms with E-state index in [2.05, 4.69) is 10.1 Å². The number of aliphatic carboxylic acids is 1. The molecule has 2 heterocycles. The van der Waals surface area contributed by atoms with Crippen molar-refractivity contribution in [2.45, 2.75) is 51.4 Å². The van der Waals surface area contributed by atoms with E-state index in [0.29, 0.717) is 11.6 Å². The summed E-state index contributed by atoms with van der Waals surface area (Å²) in [6.45, 7) is 0. The van der Waals surface area contributed by atoms with E-state index in [1.807, 2.05) is 0 Å². The minimum atomic E-state index is -1.03. The van der Waals surface area contributed by atoms with Crippen molar-refractivity contribution in [3.05, 3.63) is 33.5 Å². The molecular weight excluding hydrogens is 310 g/mol. The number of aryl methyl sites for hydroxylation is 1. The fraction of sp³-hybridized carbons (Fsp3) is 0.529. The number of aromatic nitrogens is 3. The Morgan fingerprint density at radius 1 is 1.25 bits per heavy atom. The molecule has 2 N–H and O–H groups in total. The molecule has 1 fully saturated rings. The topological polar surface area (TPSA) is 105 Å². The predicted octanol–water partition coefficient (Wildman–Crippen LogP) is 1.46. The van der Waals surface area contributed by atoms with Crippen LogP contribution in [0, 0.1) is 5.92 Å². The number of aliphatic hydroxyl groups is 1. The maximum Gasteiger partial charge on any atom is 0.303 e. The second kappa shape index (κ2) is 6.98. The van der Waals surface area contributed by atoms with Crippen LogP contribution in [0.4, 0.5) is 0 Å². The highest BCUT2D eigenvalue weighted by Crippen LogP contribution is 2.28. The molecule has 0 aromatic carbocycles. The van der Waals surface area contributed by atoms with Crippen molar-refractivity contribution in [1.29, 1.82) is 0 Å². The third kappa shape index (κ3) is 3.39. The van der Waals surface area contributed by atoms with Gasteiger partial charge in [-0.2, -0.15) is 5.10 Å². The molecule has 128 valence electrons. The number of fused-ring (bicyclic) bond motifs is 1. The lowest BCUT2D eigenvalue weighted by atomic mass is 10.0. The summed E-state index contributed by atoms with van der Waals surface area (Å²) in [4.78, 5) is 27.2. The molecular formula is C17H21N3O4. The van der Waals surface area contributed by atoms with Crippen LogP contribution in [0.15, 0.2) is 17.2 Å². The summed E-state index contributed by atoms with van der Waals surface area (Å²) in [7, 11) is 0. The van der Waals surface area contributed by atoms with E-state index in [1.54, 1.807) is 4.52 Å². The van der Waals surface area contributed by atoms with Gasteiger partial charge in [0.05, 0.1) is 6.42 Å². The van der Waals surface area contributed by atoms with Crippen LogP contribution in [0.5, 0.6) is 0 Å². The fourth-order valence-electron chi connectivity index (χ4n) is 3.47. The van der Waals surface area contributed by atoms with Crippen molar-refractivity contribution >= 4 is 17.4 Å². The largest absolute Gasteiger partial charge is 0.511 e. The van der Waals surface area contributed by atoms with E-state index >= 15 is 0 Å². The molecule has 0 bridgehead atoms. The molecule has 1 saturated carbocycles. The first-order valence-corrected chi connectivity index (χ1v) is 8.36. The molecule has 24 heavy (non-hydrogen) atoms. The van der Waals surface area contributed by atoms with Gasteiger partial charge in [-0.15, -0.1) is 0 Å². The number of aliphatic hydroxyl groups excluding tert-OH is 1. The third-order valence-electron chi connectivity index (χ3n) is 4.74. The minimum absolute atomic E-state index is 0.0540. The van der Waals surface area contributed by atoms with Gasteiger partial charge in [0.2, 0.25) is 0 Å². The number of carboxylic acid groups (broad SMARTS) is 1. The summed E-state index contributed by atoms with van der Waals surface area (Å²) in [6, 6.07) is 1.49. The molecule has 0 atom stereocenters. The van der Waals surface area contributed by atoms with Crippen molar-refractivity contribution < 1.29 is 15.0 Å². The SMILES string of the molecule is O=C(O)CCC(O)=c1c(=O)cc(CCC2CCCC2)n2ncnc12. The van der Waals surface area contributed by atoms with E-state index in [9.17, 15) is 14.7 Å². The van der Waals surface area contributed by atoms with Crippen LogP contribution in [0.2, 0.25) is 0 Å². The molecule has 2 aromatic rings. The Labute approximate surface area is 138 Å². The van der Waals surface area contributed by atoms with Gasteiger partial charge in [0.1, 0.15) is 17.3 Å². The quantitative estimate of drug-likeness (QED) is 0.830. The van der Waals surface area contributed by atoms with Crippen molar-refractivity contribution in [2.24, 2.45) is 5.92 Å². The molecule has 1 aliphatic carbocycles. The van der Waals surface area contributed by atoms with Crippen molar-refractivity contribution in [1.82, 2.24) is 14.6 Å². The van der Waals surface area contributed by atoms with Crippen LogP contribution >= 0.6 is 0 Å². The Balaban J connectivity index is 1.95. The van der Waals surface area contributed by atoms with E-state index in [1.165, 1.54) is 38.1 Å². The zero-order valence-electron chi connectivity index (χ0n) is 13.4. The summed E-state index contributed by atoms with van der Waals surface area (Å²) in [6.07, 6.45) is 7.81. The molecule has 3 rings (SSSR count). The van der Waals surface area contributed by atoms with Crippen LogP contribution in [-0.2, 0) is 11.2 Å². The van der Waals surface area contributed by atoms with Gasteiger partial charge in [-0.05, 0) is 18.8 Å². The van der Waals surface area contributed by atoms with Gasteiger partial charge in [0.25, 0.3) is 0 Å². The molecule has 0 amide bonds.